The molecule has 0 bridgehead atoms. The number of nitrogens with zero attached hydrogens (tertiary/aromatic N) is 1. The highest BCUT2D eigenvalue weighted by molar-refractivity contribution is 7.17. The summed E-state index contributed by atoms with van der Waals surface area (Å²) in [5.74, 6) is 0.536. The van der Waals surface area contributed by atoms with Crippen molar-refractivity contribution in [3.8, 4) is 0 Å². The number of thiazole rings is 1. The van der Waals surface area contributed by atoms with Gasteiger partial charge in [0.15, 0.2) is 5.13 Å². The van der Waals surface area contributed by atoms with Gasteiger partial charge in [-0.1, -0.05) is 11.3 Å². The SMILES string of the molecule is Cc1nc(N)sc1C(=O)N[C@@H](C)c1ccco1. The summed E-state index contributed by atoms with van der Waals surface area (Å²) in [6.45, 7) is 3.62. The first-order valence-electron chi connectivity index (χ1n) is 5.15. The van der Waals surface area contributed by atoms with Gasteiger partial charge < -0.3 is 15.5 Å². The number of hydrogen-bond donors (Lipinski definition) is 2. The van der Waals surface area contributed by atoms with Gasteiger partial charge in [-0.25, -0.2) is 4.98 Å². The van der Waals surface area contributed by atoms with E-state index in [1.165, 1.54) is 11.3 Å². The Kier molecular flexibility index (Phi) is 3.14. The molecule has 0 aliphatic carbocycles. The summed E-state index contributed by atoms with van der Waals surface area (Å²) in [4.78, 5) is 16.5. The molecule has 0 aliphatic rings. The monoisotopic (exact) mass is 251 g/mol. The molecule has 5 nitrogen and oxygen atoms in total. The number of nitrogen functional groups attached to an aromatic ring is 1. The normalized spacial score (nSPS) is 12.4. The summed E-state index contributed by atoms with van der Waals surface area (Å²) in [5.41, 5.74) is 6.20. The molecule has 6 heteroatoms. The van der Waals surface area contributed by atoms with Gasteiger partial charge in [0.25, 0.3) is 5.91 Å². The summed E-state index contributed by atoms with van der Waals surface area (Å²) < 4.78 is 5.22. The first-order chi connectivity index (χ1) is 8.08. The Morgan fingerprint density at radius 3 is 2.94 bits per heavy atom. The van der Waals surface area contributed by atoms with Gasteiger partial charge in [0, 0.05) is 0 Å². The molecule has 2 aromatic rings. The molecule has 0 aromatic carbocycles. The minimum atomic E-state index is -0.180. The average Bonchev–Trinajstić information content (AvgIpc) is 2.87. The lowest BCUT2D eigenvalue weighted by atomic mass is 10.2. The lowest BCUT2D eigenvalue weighted by Gasteiger charge is -2.10. The minimum absolute atomic E-state index is 0.180. The lowest BCUT2D eigenvalue weighted by molar-refractivity contribution is 0.0938. The van der Waals surface area contributed by atoms with E-state index in [4.69, 9.17) is 10.2 Å². The van der Waals surface area contributed by atoms with Crippen molar-refractivity contribution in [3.63, 3.8) is 0 Å². The molecule has 2 heterocycles. The number of furan rings is 1. The number of hydrogen-bond acceptors (Lipinski definition) is 5. The van der Waals surface area contributed by atoms with Crippen LogP contribution in [-0.2, 0) is 0 Å². The van der Waals surface area contributed by atoms with Crippen LogP contribution in [0.1, 0.15) is 34.1 Å². The number of rotatable bonds is 3. The number of nitrogens with two attached hydrogens (primary N) is 1. The summed E-state index contributed by atoms with van der Waals surface area (Å²) >= 11 is 1.19. The summed E-state index contributed by atoms with van der Waals surface area (Å²) in [6, 6.07) is 3.42. The number of carbonyl (C=O) groups excluding carboxylic acids is 1. The second-order valence-electron chi connectivity index (χ2n) is 3.68. The molecule has 0 saturated carbocycles. The van der Waals surface area contributed by atoms with Gasteiger partial charge in [0.05, 0.1) is 18.0 Å². The van der Waals surface area contributed by atoms with Crippen LogP contribution in [0.2, 0.25) is 0 Å². The molecular formula is C11H13N3O2S. The van der Waals surface area contributed by atoms with Gasteiger partial charge in [-0.05, 0) is 26.0 Å². The molecule has 2 aromatic heterocycles. The van der Waals surface area contributed by atoms with Crippen molar-refractivity contribution in [2.45, 2.75) is 19.9 Å². The van der Waals surface area contributed by atoms with Gasteiger partial charge >= 0.3 is 0 Å². The summed E-state index contributed by atoms with van der Waals surface area (Å²) in [5, 5.41) is 3.24. The quantitative estimate of drug-likeness (QED) is 0.875. The van der Waals surface area contributed by atoms with Crippen LogP contribution in [0, 0.1) is 6.92 Å². The Labute approximate surface area is 103 Å². The second kappa shape index (κ2) is 4.58. The highest BCUT2D eigenvalue weighted by Crippen LogP contribution is 2.21. The lowest BCUT2D eigenvalue weighted by Crippen LogP contribution is -2.26. The number of nitrogens with one attached hydrogen (secondary N) is 1. The van der Waals surface area contributed by atoms with Crippen LogP contribution in [0.5, 0.6) is 0 Å². The molecule has 17 heavy (non-hydrogen) atoms. The third-order valence-electron chi connectivity index (χ3n) is 2.34. The van der Waals surface area contributed by atoms with E-state index in [0.29, 0.717) is 21.5 Å². The van der Waals surface area contributed by atoms with E-state index in [-0.39, 0.29) is 11.9 Å². The summed E-state index contributed by atoms with van der Waals surface area (Å²) in [7, 11) is 0. The number of anilines is 1. The number of aryl methyl sites for hydroxylation is 1. The molecule has 2 rings (SSSR count). The minimum Gasteiger partial charge on any atom is -0.467 e. The van der Waals surface area contributed by atoms with Crippen molar-refractivity contribution >= 4 is 22.4 Å². The molecule has 90 valence electrons. The predicted molar refractivity (Wildman–Crippen MR) is 65.9 cm³/mol. The molecule has 0 unspecified atom stereocenters. The van der Waals surface area contributed by atoms with Crippen LogP contribution in [-0.4, -0.2) is 10.9 Å². The van der Waals surface area contributed by atoms with Crippen LogP contribution >= 0.6 is 11.3 Å². The van der Waals surface area contributed by atoms with Crippen LogP contribution in [0.4, 0.5) is 5.13 Å². The van der Waals surface area contributed by atoms with Crippen LogP contribution in [0.3, 0.4) is 0 Å². The Morgan fingerprint density at radius 2 is 2.41 bits per heavy atom. The smallest absolute Gasteiger partial charge is 0.263 e. The Bertz CT molecular complexity index is 519. The van der Waals surface area contributed by atoms with Crippen LogP contribution in [0.25, 0.3) is 0 Å². The zero-order valence-corrected chi connectivity index (χ0v) is 10.4. The van der Waals surface area contributed by atoms with E-state index < -0.39 is 0 Å². The van der Waals surface area contributed by atoms with Crippen molar-refractivity contribution in [1.29, 1.82) is 0 Å². The maximum Gasteiger partial charge on any atom is 0.263 e. The maximum absolute atomic E-state index is 11.9. The van der Waals surface area contributed by atoms with E-state index in [0.717, 1.165) is 0 Å². The number of aromatic nitrogens is 1. The highest BCUT2D eigenvalue weighted by Gasteiger charge is 2.17. The Balaban J connectivity index is 2.09. The van der Waals surface area contributed by atoms with E-state index in [2.05, 4.69) is 10.3 Å². The first-order valence-corrected chi connectivity index (χ1v) is 5.96. The van der Waals surface area contributed by atoms with E-state index in [1.54, 1.807) is 19.3 Å². The predicted octanol–water partition coefficient (Wildman–Crippen LogP) is 2.12. The van der Waals surface area contributed by atoms with E-state index in [1.807, 2.05) is 13.0 Å². The fraction of sp³-hybridized carbons (Fsp3) is 0.273. The van der Waals surface area contributed by atoms with Crippen molar-refractivity contribution in [2.75, 3.05) is 5.73 Å². The van der Waals surface area contributed by atoms with E-state index >= 15 is 0 Å². The fourth-order valence-corrected chi connectivity index (χ4v) is 2.24. The van der Waals surface area contributed by atoms with Gasteiger partial charge in [-0.3, -0.25) is 4.79 Å². The van der Waals surface area contributed by atoms with Gasteiger partial charge in [-0.15, -0.1) is 0 Å². The maximum atomic E-state index is 11.9. The standard InChI is InChI=1S/C11H13N3O2S/c1-6(8-4-3-5-16-8)13-10(15)9-7(2)14-11(12)17-9/h3-6H,1-2H3,(H2,12,14)(H,13,15)/t6-/m0/s1. The highest BCUT2D eigenvalue weighted by atomic mass is 32.1. The molecule has 0 saturated heterocycles. The largest absolute Gasteiger partial charge is 0.467 e. The molecule has 0 fully saturated rings. The van der Waals surface area contributed by atoms with Crippen molar-refractivity contribution in [3.05, 3.63) is 34.7 Å². The molecule has 0 radical (unpaired) electrons. The van der Waals surface area contributed by atoms with Gasteiger partial charge in [-0.2, -0.15) is 0 Å². The molecule has 1 amide bonds. The topological polar surface area (TPSA) is 81.1 Å². The third-order valence-corrected chi connectivity index (χ3v) is 3.32. The molecule has 1 atom stereocenters. The Morgan fingerprint density at radius 1 is 1.65 bits per heavy atom. The average molecular weight is 251 g/mol. The second-order valence-corrected chi connectivity index (χ2v) is 4.71. The van der Waals surface area contributed by atoms with Crippen molar-refractivity contribution < 1.29 is 9.21 Å². The van der Waals surface area contributed by atoms with Crippen LogP contribution in [0.15, 0.2) is 22.8 Å². The molecule has 0 aliphatic heterocycles. The van der Waals surface area contributed by atoms with Crippen molar-refractivity contribution in [1.82, 2.24) is 10.3 Å². The fourth-order valence-electron chi connectivity index (χ4n) is 1.50. The van der Waals surface area contributed by atoms with Crippen molar-refractivity contribution in [2.24, 2.45) is 0 Å². The summed E-state index contributed by atoms with van der Waals surface area (Å²) in [6.07, 6.45) is 1.58. The Hall–Kier alpha value is -1.82. The number of carbonyl (C=O) groups is 1. The zero-order valence-electron chi connectivity index (χ0n) is 9.56. The van der Waals surface area contributed by atoms with Crippen LogP contribution < -0.4 is 11.1 Å². The molecular weight excluding hydrogens is 238 g/mol. The zero-order chi connectivity index (χ0) is 12.4. The number of amides is 1. The molecule has 3 N–H and O–H groups in total. The van der Waals surface area contributed by atoms with Gasteiger partial charge in [0.1, 0.15) is 10.6 Å². The van der Waals surface area contributed by atoms with Gasteiger partial charge in [0.2, 0.25) is 0 Å². The first kappa shape index (κ1) is 11.7. The van der Waals surface area contributed by atoms with E-state index in [9.17, 15) is 4.79 Å². The molecule has 0 spiro atoms. The third kappa shape index (κ3) is 2.47.